The summed E-state index contributed by atoms with van der Waals surface area (Å²) in [5.41, 5.74) is 0.590. The van der Waals surface area contributed by atoms with E-state index in [1.54, 1.807) is 0 Å². The largest absolute Gasteiger partial charge is 0.0625 e. The van der Waals surface area contributed by atoms with Gasteiger partial charge in [0.05, 0.1) is 0 Å². The van der Waals surface area contributed by atoms with Gasteiger partial charge in [-0.15, -0.1) is 0 Å². The molecule has 0 nitrogen and oxygen atoms in total. The van der Waals surface area contributed by atoms with Crippen LogP contribution in [0.15, 0.2) is 0 Å². The SMILES string of the molecule is CC(C)C1CCCC(C)(C)C1C. The van der Waals surface area contributed by atoms with Crippen molar-refractivity contribution in [3.8, 4) is 0 Å². The zero-order valence-corrected chi connectivity index (χ0v) is 9.35. The van der Waals surface area contributed by atoms with Gasteiger partial charge in [-0.1, -0.05) is 41.0 Å². The van der Waals surface area contributed by atoms with Crippen molar-refractivity contribution in [3.05, 3.63) is 0 Å². The first-order chi connectivity index (χ1) is 5.45. The summed E-state index contributed by atoms with van der Waals surface area (Å²) < 4.78 is 0. The molecule has 1 rings (SSSR count). The van der Waals surface area contributed by atoms with Gasteiger partial charge in [-0.25, -0.2) is 0 Å². The average molecular weight is 168 g/mol. The van der Waals surface area contributed by atoms with E-state index in [0.717, 1.165) is 17.8 Å². The highest BCUT2D eigenvalue weighted by atomic mass is 14.4. The summed E-state index contributed by atoms with van der Waals surface area (Å²) >= 11 is 0. The number of rotatable bonds is 1. The van der Waals surface area contributed by atoms with Crippen LogP contribution in [0, 0.1) is 23.2 Å². The minimum Gasteiger partial charge on any atom is -0.0625 e. The number of hydrogen-bond donors (Lipinski definition) is 0. The molecule has 0 saturated heterocycles. The molecule has 0 bridgehead atoms. The van der Waals surface area contributed by atoms with Crippen LogP contribution in [0.5, 0.6) is 0 Å². The summed E-state index contributed by atoms with van der Waals surface area (Å²) in [5.74, 6) is 2.75. The Morgan fingerprint density at radius 3 is 2.25 bits per heavy atom. The molecule has 12 heavy (non-hydrogen) atoms. The summed E-state index contributed by atoms with van der Waals surface area (Å²) in [4.78, 5) is 0. The molecule has 0 aromatic rings. The van der Waals surface area contributed by atoms with E-state index in [9.17, 15) is 0 Å². The molecular formula is C12H24. The van der Waals surface area contributed by atoms with Crippen molar-refractivity contribution in [2.24, 2.45) is 23.2 Å². The van der Waals surface area contributed by atoms with E-state index in [1.807, 2.05) is 0 Å². The topological polar surface area (TPSA) is 0 Å². The van der Waals surface area contributed by atoms with Gasteiger partial charge in [0.25, 0.3) is 0 Å². The van der Waals surface area contributed by atoms with Crippen LogP contribution in [0.2, 0.25) is 0 Å². The van der Waals surface area contributed by atoms with E-state index in [0.29, 0.717) is 5.41 Å². The van der Waals surface area contributed by atoms with Gasteiger partial charge in [0, 0.05) is 0 Å². The molecule has 0 heteroatoms. The van der Waals surface area contributed by atoms with Crippen molar-refractivity contribution in [3.63, 3.8) is 0 Å². The number of hydrogen-bond acceptors (Lipinski definition) is 0. The van der Waals surface area contributed by atoms with Gasteiger partial charge in [-0.05, 0) is 36.0 Å². The van der Waals surface area contributed by atoms with E-state index in [2.05, 4.69) is 34.6 Å². The van der Waals surface area contributed by atoms with Crippen molar-refractivity contribution in [1.82, 2.24) is 0 Å². The van der Waals surface area contributed by atoms with E-state index in [4.69, 9.17) is 0 Å². The molecule has 0 N–H and O–H groups in total. The lowest BCUT2D eigenvalue weighted by atomic mass is 9.62. The molecule has 2 atom stereocenters. The van der Waals surface area contributed by atoms with Crippen LogP contribution in [0.3, 0.4) is 0 Å². The van der Waals surface area contributed by atoms with Gasteiger partial charge in [0.2, 0.25) is 0 Å². The van der Waals surface area contributed by atoms with Crippen LogP contribution in [-0.2, 0) is 0 Å². The van der Waals surface area contributed by atoms with Gasteiger partial charge in [-0.2, -0.15) is 0 Å². The monoisotopic (exact) mass is 168 g/mol. The molecule has 0 amide bonds. The van der Waals surface area contributed by atoms with Crippen molar-refractivity contribution in [1.29, 1.82) is 0 Å². The molecule has 0 radical (unpaired) electrons. The maximum atomic E-state index is 2.45. The molecule has 1 saturated carbocycles. The average Bonchev–Trinajstić information content (AvgIpc) is 1.94. The first-order valence-corrected chi connectivity index (χ1v) is 5.45. The fourth-order valence-electron chi connectivity index (χ4n) is 2.76. The van der Waals surface area contributed by atoms with Crippen LogP contribution in [-0.4, -0.2) is 0 Å². The molecule has 2 unspecified atom stereocenters. The zero-order chi connectivity index (χ0) is 9.35. The fraction of sp³-hybridized carbons (Fsp3) is 1.00. The molecule has 72 valence electrons. The Morgan fingerprint density at radius 2 is 1.83 bits per heavy atom. The van der Waals surface area contributed by atoms with E-state index in [-0.39, 0.29) is 0 Å². The summed E-state index contributed by atoms with van der Waals surface area (Å²) in [7, 11) is 0. The molecule has 0 heterocycles. The van der Waals surface area contributed by atoms with Gasteiger partial charge in [0.15, 0.2) is 0 Å². The normalized spacial score (nSPS) is 35.5. The second-order valence-corrected chi connectivity index (χ2v) is 5.58. The third-order valence-electron chi connectivity index (χ3n) is 4.09. The molecule has 0 aromatic heterocycles. The Kier molecular flexibility index (Phi) is 2.85. The Bertz CT molecular complexity index is 144. The van der Waals surface area contributed by atoms with Crippen molar-refractivity contribution in [2.45, 2.75) is 53.9 Å². The minimum absolute atomic E-state index is 0.590. The van der Waals surface area contributed by atoms with E-state index < -0.39 is 0 Å². The van der Waals surface area contributed by atoms with E-state index in [1.165, 1.54) is 19.3 Å². The molecule has 1 fully saturated rings. The van der Waals surface area contributed by atoms with Crippen LogP contribution in [0.25, 0.3) is 0 Å². The van der Waals surface area contributed by atoms with Crippen molar-refractivity contribution in [2.75, 3.05) is 0 Å². The van der Waals surface area contributed by atoms with Crippen LogP contribution >= 0.6 is 0 Å². The first-order valence-electron chi connectivity index (χ1n) is 5.45. The second kappa shape index (κ2) is 3.40. The predicted octanol–water partition coefficient (Wildman–Crippen LogP) is 4.10. The molecule has 1 aliphatic rings. The molecule has 0 aliphatic heterocycles. The van der Waals surface area contributed by atoms with Gasteiger partial charge in [-0.3, -0.25) is 0 Å². The van der Waals surface area contributed by atoms with Gasteiger partial charge >= 0.3 is 0 Å². The maximum absolute atomic E-state index is 2.45. The maximum Gasteiger partial charge on any atom is -0.0326 e. The minimum atomic E-state index is 0.590. The van der Waals surface area contributed by atoms with Gasteiger partial charge in [0.1, 0.15) is 0 Å². The molecule has 0 spiro atoms. The Labute approximate surface area is 77.7 Å². The van der Waals surface area contributed by atoms with Crippen molar-refractivity contribution >= 4 is 0 Å². The Morgan fingerprint density at radius 1 is 1.25 bits per heavy atom. The van der Waals surface area contributed by atoms with Crippen LogP contribution < -0.4 is 0 Å². The standard InChI is InChI=1S/C12H24/c1-9(2)11-7-6-8-12(4,5)10(11)3/h9-11H,6-8H2,1-5H3. The first kappa shape index (κ1) is 10.1. The lowest BCUT2D eigenvalue weighted by Gasteiger charge is -2.44. The summed E-state index contributed by atoms with van der Waals surface area (Å²) in [6.07, 6.45) is 4.33. The van der Waals surface area contributed by atoms with Crippen LogP contribution in [0.4, 0.5) is 0 Å². The quantitative estimate of drug-likeness (QED) is 0.553. The molecule has 0 aromatic carbocycles. The predicted molar refractivity (Wildman–Crippen MR) is 55.1 cm³/mol. The van der Waals surface area contributed by atoms with Crippen LogP contribution in [0.1, 0.15) is 53.9 Å². The molecule has 1 aliphatic carbocycles. The lowest BCUT2D eigenvalue weighted by molar-refractivity contribution is 0.0620. The second-order valence-electron chi connectivity index (χ2n) is 5.58. The Hall–Kier alpha value is 0. The molecular weight excluding hydrogens is 144 g/mol. The highest BCUT2D eigenvalue weighted by Gasteiger charge is 2.36. The summed E-state index contributed by atoms with van der Waals surface area (Å²) in [6.45, 7) is 12.1. The third-order valence-corrected chi connectivity index (χ3v) is 4.09. The highest BCUT2D eigenvalue weighted by Crippen LogP contribution is 2.46. The Balaban J connectivity index is 2.66. The third kappa shape index (κ3) is 1.84. The van der Waals surface area contributed by atoms with Crippen molar-refractivity contribution < 1.29 is 0 Å². The fourth-order valence-corrected chi connectivity index (χ4v) is 2.76. The summed E-state index contributed by atoms with van der Waals surface area (Å²) in [5, 5.41) is 0. The van der Waals surface area contributed by atoms with Gasteiger partial charge < -0.3 is 0 Å². The lowest BCUT2D eigenvalue weighted by Crippen LogP contribution is -2.35. The smallest absolute Gasteiger partial charge is 0.0326 e. The van der Waals surface area contributed by atoms with E-state index >= 15 is 0 Å². The highest BCUT2D eigenvalue weighted by molar-refractivity contribution is 4.86. The summed E-state index contributed by atoms with van der Waals surface area (Å²) in [6, 6.07) is 0. The zero-order valence-electron chi connectivity index (χ0n) is 9.35.